The van der Waals surface area contributed by atoms with Crippen LogP contribution in [0.15, 0.2) is 46.3 Å². The highest BCUT2D eigenvalue weighted by Crippen LogP contribution is 2.43. The lowest BCUT2D eigenvalue weighted by Crippen LogP contribution is -2.48. The molecular formula is C22H22N2O3S. The van der Waals surface area contributed by atoms with E-state index in [-0.39, 0.29) is 11.5 Å². The van der Waals surface area contributed by atoms with Gasteiger partial charge in [0.1, 0.15) is 17.0 Å². The van der Waals surface area contributed by atoms with Gasteiger partial charge in [0.05, 0.1) is 12.2 Å². The summed E-state index contributed by atoms with van der Waals surface area (Å²) in [6.45, 7) is 3.92. The Morgan fingerprint density at radius 1 is 1.18 bits per heavy atom. The Balaban J connectivity index is 1.39. The lowest BCUT2D eigenvalue weighted by Gasteiger charge is -2.44. The second-order valence-corrected chi connectivity index (χ2v) is 8.47. The summed E-state index contributed by atoms with van der Waals surface area (Å²) in [5, 5.41) is 6.32. The number of aromatic nitrogens is 1. The number of benzene rings is 1. The van der Waals surface area contributed by atoms with E-state index in [1.807, 2.05) is 46.6 Å². The lowest BCUT2D eigenvalue weighted by atomic mass is 9.82. The highest BCUT2D eigenvalue weighted by atomic mass is 32.1. The van der Waals surface area contributed by atoms with E-state index in [0.717, 1.165) is 31.4 Å². The summed E-state index contributed by atoms with van der Waals surface area (Å²) in [6, 6.07) is 11.9. The Hall–Kier alpha value is -2.44. The summed E-state index contributed by atoms with van der Waals surface area (Å²) in [4.78, 5) is 16.7. The number of thiophene rings is 1. The summed E-state index contributed by atoms with van der Waals surface area (Å²) in [5.41, 5.74) is 3.20. The maximum atomic E-state index is 13.3. The third-order valence-corrected chi connectivity index (χ3v) is 6.91. The number of ether oxygens (including phenoxy) is 1. The molecule has 2 aliphatic heterocycles. The van der Waals surface area contributed by atoms with Crippen molar-refractivity contribution in [3.63, 3.8) is 0 Å². The molecule has 4 heterocycles. The summed E-state index contributed by atoms with van der Waals surface area (Å²) in [6.07, 6.45) is 2.65. The van der Waals surface area contributed by atoms with E-state index >= 15 is 0 Å². The SMILES string of the molecule is Cc1onc(-c2ccccc2)c1C(=O)N1CCC2(CC1)OCCc1sccc12. The molecule has 0 N–H and O–H groups in total. The van der Waals surface area contributed by atoms with Crippen molar-refractivity contribution in [1.82, 2.24) is 10.1 Å². The number of amides is 1. The van der Waals surface area contributed by atoms with Crippen molar-refractivity contribution in [2.45, 2.75) is 31.8 Å². The minimum Gasteiger partial charge on any atom is -0.370 e. The maximum absolute atomic E-state index is 13.3. The first-order chi connectivity index (χ1) is 13.7. The number of piperidine rings is 1. The van der Waals surface area contributed by atoms with Gasteiger partial charge in [-0.1, -0.05) is 35.5 Å². The van der Waals surface area contributed by atoms with Crippen LogP contribution < -0.4 is 0 Å². The van der Waals surface area contributed by atoms with Crippen LogP contribution in [0.1, 0.15) is 39.4 Å². The molecule has 3 aromatic rings. The third-order valence-electron chi connectivity index (χ3n) is 5.93. The summed E-state index contributed by atoms with van der Waals surface area (Å²) >= 11 is 1.82. The van der Waals surface area contributed by atoms with Crippen molar-refractivity contribution in [3.05, 3.63) is 63.5 Å². The molecule has 6 heteroatoms. The number of nitrogens with zero attached hydrogens (tertiary/aromatic N) is 2. The highest BCUT2D eigenvalue weighted by molar-refractivity contribution is 7.10. The van der Waals surface area contributed by atoms with Crippen molar-refractivity contribution in [1.29, 1.82) is 0 Å². The van der Waals surface area contributed by atoms with Crippen LogP contribution in [-0.2, 0) is 16.8 Å². The van der Waals surface area contributed by atoms with E-state index in [4.69, 9.17) is 9.26 Å². The van der Waals surface area contributed by atoms with E-state index in [0.29, 0.717) is 30.1 Å². The molecule has 0 unspecified atom stereocenters. The molecule has 5 rings (SSSR count). The molecule has 1 aromatic carbocycles. The average Bonchev–Trinajstić information content (AvgIpc) is 3.36. The zero-order valence-corrected chi connectivity index (χ0v) is 16.6. The fraction of sp³-hybridized carbons (Fsp3) is 0.364. The van der Waals surface area contributed by atoms with Crippen LogP contribution >= 0.6 is 11.3 Å². The summed E-state index contributed by atoms with van der Waals surface area (Å²) in [7, 11) is 0. The monoisotopic (exact) mass is 394 g/mol. The number of likely N-dealkylation sites (tertiary alicyclic amines) is 1. The van der Waals surface area contributed by atoms with Gasteiger partial charge in [-0.15, -0.1) is 11.3 Å². The topological polar surface area (TPSA) is 55.6 Å². The molecule has 2 aromatic heterocycles. The molecular weight excluding hydrogens is 372 g/mol. The van der Waals surface area contributed by atoms with Crippen molar-refractivity contribution in [2.24, 2.45) is 0 Å². The van der Waals surface area contributed by atoms with Crippen LogP contribution in [0.25, 0.3) is 11.3 Å². The fourth-order valence-corrected chi connectivity index (χ4v) is 5.37. The number of hydrogen-bond acceptors (Lipinski definition) is 5. The van der Waals surface area contributed by atoms with Gasteiger partial charge in [0.15, 0.2) is 0 Å². The van der Waals surface area contributed by atoms with Gasteiger partial charge in [-0.25, -0.2) is 0 Å². The molecule has 0 radical (unpaired) electrons. The van der Waals surface area contributed by atoms with E-state index in [9.17, 15) is 4.79 Å². The molecule has 0 saturated carbocycles. The van der Waals surface area contributed by atoms with Crippen LogP contribution in [0.2, 0.25) is 0 Å². The third kappa shape index (κ3) is 2.79. The van der Waals surface area contributed by atoms with Gasteiger partial charge in [-0.05, 0) is 36.8 Å². The molecule has 0 aliphatic carbocycles. The van der Waals surface area contributed by atoms with Gasteiger partial charge in [0, 0.05) is 30.0 Å². The number of fused-ring (bicyclic) bond motifs is 2. The lowest BCUT2D eigenvalue weighted by molar-refractivity contribution is -0.0926. The van der Waals surface area contributed by atoms with Crippen molar-refractivity contribution < 1.29 is 14.1 Å². The molecule has 144 valence electrons. The van der Waals surface area contributed by atoms with Crippen LogP contribution in [0.3, 0.4) is 0 Å². The standard InChI is InChI=1S/C22H22N2O3S/c1-15-19(20(23-27-15)16-5-3-2-4-6-16)21(25)24-11-9-22(10-12-24)17-8-14-28-18(17)7-13-26-22/h2-6,8,14H,7,9-13H2,1H3. The second-order valence-electron chi connectivity index (χ2n) is 7.47. The zero-order valence-electron chi connectivity index (χ0n) is 15.8. The van der Waals surface area contributed by atoms with E-state index < -0.39 is 0 Å². The first kappa shape index (κ1) is 17.6. The predicted octanol–water partition coefficient (Wildman–Crippen LogP) is 4.42. The van der Waals surface area contributed by atoms with Gasteiger partial charge < -0.3 is 14.2 Å². The first-order valence-electron chi connectivity index (χ1n) is 9.70. The van der Waals surface area contributed by atoms with Crippen LogP contribution in [0.5, 0.6) is 0 Å². The average molecular weight is 394 g/mol. The zero-order chi connectivity index (χ0) is 19.1. The predicted molar refractivity (Wildman–Crippen MR) is 107 cm³/mol. The molecule has 1 fully saturated rings. The Morgan fingerprint density at radius 2 is 1.96 bits per heavy atom. The first-order valence-corrected chi connectivity index (χ1v) is 10.6. The number of carbonyl (C=O) groups excluding carboxylic acids is 1. The second kappa shape index (κ2) is 6.87. The molecule has 1 amide bonds. The minimum atomic E-state index is -0.226. The Labute approximate surface area is 167 Å². The van der Waals surface area contributed by atoms with Crippen LogP contribution in [0.4, 0.5) is 0 Å². The van der Waals surface area contributed by atoms with Crippen molar-refractivity contribution in [3.8, 4) is 11.3 Å². The largest absolute Gasteiger partial charge is 0.370 e. The smallest absolute Gasteiger partial charge is 0.259 e. The van der Waals surface area contributed by atoms with Gasteiger partial charge in [-0.3, -0.25) is 4.79 Å². The molecule has 0 bridgehead atoms. The van der Waals surface area contributed by atoms with Gasteiger partial charge in [0.25, 0.3) is 5.91 Å². The Bertz CT molecular complexity index is 1000. The van der Waals surface area contributed by atoms with Crippen molar-refractivity contribution >= 4 is 17.2 Å². The van der Waals surface area contributed by atoms with E-state index in [1.165, 1.54) is 10.4 Å². The Kier molecular flexibility index (Phi) is 4.33. The maximum Gasteiger partial charge on any atom is 0.259 e. The molecule has 0 atom stereocenters. The fourth-order valence-electron chi connectivity index (χ4n) is 4.42. The number of rotatable bonds is 2. The van der Waals surface area contributed by atoms with Gasteiger partial charge >= 0.3 is 0 Å². The summed E-state index contributed by atoms with van der Waals surface area (Å²) < 4.78 is 11.7. The number of hydrogen-bond donors (Lipinski definition) is 0. The van der Waals surface area contributed by atoms with E-state index in [1.54, 1.807) is 6.92 Å². The number of carbonyl (C=O) groups is 1. The summed E-state index contributed by atoms with van der Waals surface area (Å²) in [5.74, 6) is 0.562. The quantitative estimate of drug-likeness (QED) is 0.646. The van der Waals surface area contributed by atoms with Crippen molar-refractivity contribution in [2.75, 3.05) is 19.7 Å². The van der Waals surface area contributed by atoms with Crippen LogP contribution in [-0.4, -0.2) is 35.7 Å². The van der Waals surface area contributed by atoms with E-state index in [2.05, 4.69) is 16.6 Å². The van der Waals surface area contributed by atoms with Gasteiger partial charge in [0.2, 0.25) is 0 Å². The van der Waals surface area contributed by atoms with Crippen LogP contribution in [0, 0.1) is 6.92 Å². The Morgan fingerprint density at radius 3 is 2.75 bits per heavy atom. The molecule has 28 heavy (non-hydrogen) atoms. The number of aryl methyl sites for hydroxylation is 1. The molecule has 2 aliphatic rings. The molecule has 1 spiro atoms. The molecule has 5 nitrogen and oxygen atoms in total. The highest BCUT2D eigenvalue weighted by Gasteiger charge is 2.42. The molecule has 1 saturated heterocycles. The minimum absolute atomic E-state index is 0.00574. The normalized spacial score (nSPS) is 18.2. The van der Waals surface area contributed by atoms with Gasteiger partial charge in [-0.2, -0.15) is 0 Å².